The first-order chi connectivity index (χ1) is 8.51. The fraction of sp³-hybridized carbons (Fsp3) is 0.0909. The van der Waals surface area contributed by atoms with Crippen LogP contribution in [0.3, 0.4) is 0 Å². The number of halogens is 1. The second-order valence-corrected chi connectivity index (χ2v) is 4.34. The highest BCUT2D eigenvalue weighted by atomic mass is 35.5. The van der Waals surface area contributed by atoms with Gasteiger partial charge >= 0.3 is 0 Å². The van der Waals surface area contributed by atoms with Crippen LogP contribution in [0.25, 0.3) is 6.08 Å². The maximum atomic E-state index is 11.5. The summed E-state index contributed by atoms with van der Waals surface area (Å²) in [5, 5.41) is 15.1. The number of benzene rings is 1. The van der Waals surface area contributed by atoms with Gasteiger partial charge in [0.15, 0.2) is 16.6 Å². The van der Waals surface area contributed by atoms with Gasteiger partial charge in [0.05, 0.1) is 12.1 Å². The molecule has 0 spiro atoms. The van der Waals surface area contributed by atoms with Crippen molar-refractivity contribution in [3.05, 3.63) is 28.4 Å². The summed E-state index contributed by atoms with van der Waals surface area (Å²) in [6, 6.07) is 3.08. The van der Waals surface area contributed by atoms with Crippen LogP contribution >= 0.6 is 23.8 Å². The smallest absolute Gasteiger partial charge is 0.273 e. The zero-order chi connectivity index (χ0) is 13.3. The van der Waals surface area contributed by atoms with Crippen molar-refractivity contribution in [2.45, 2.75) is 0 Å². The highest BCUT2D eigenvalue weighted by Crippen LogP contribution is 2.35. The molecule has 1 aromatic rings. The number of hydrogen-bond acceptors (Lipinski definition) is 4. The molecule has 0 saturated carbocycles. The molecule has 0 aliphatic carbocycles. The molecule has 0 aromatic heterocycles. The molecule has 7 heteroatoms. The van der Waals surface area contributed by atoms with Gasteiger partial charge in [0.2, 0.25) is 0 Å². The van der Waals surface area contributed by atoms with E-state index in [-0.39, 0.29) is 27.5 Å². The van der Waals surface area contributed by atoms with Crippen LogP contribution in [0.4, 0.5) is 0 Å². The molecule has 3 N–H and O–H groups in total. The van der Waals surface area contributed by atoms with E-state index in [1.54, 1.807) is 12.1 Å². The molecule has 0 bridgehead atoms. The fourth-order valence-corrected chi connectivity index (χ4v) is 1.90. The predicted octanol–water partition coefficient (Wildman–Crippen LogP) is 1.40. The van der Waals surface area contributed by atoms with Gasteiger partial charge in [-0.1, -0.05) is 11.6 Å². The lowest BCUT2D eigenvalue weighted by molar-refractivity contribution is -0.115. The molecular weight excluding hydrogens is 276 g/mol. The van der Waals surface area contributed by atoms with Gasteiger partial charge in [-0.15, -0.1) is 0 Å². The zero-order valence-corrected chi connectivity index (χ0v) is 10.9. The van der Waals surface area contributed by atoms with Crippen LogP contribution in [0, 0.1) is 0 Å². The van der Waals surface area contributed by atoms with Gasteiger partial charge in [0, 0.05) is 0 Å². The maximum Gasteiger partial charge on any atom is 0.273 e. The molecule has 0 unspecified atom stereocenters. The number of carbonyl (C=O) groups excluding carboxylic acids is 1. The number of methoxy groups -OCH3 is 1. The Morgan fingerprint density at radius 2 is 2.17 bits per heavy atom. The second-order valence-electron chi connectivity index (χ2n) is 3.52. The summed E-state index contributed by atoms with van der Waals surface area (Å²) in [7, 11) is 1.41. The zero-order valence-electron chi connectivity index (χ0n) is 9.28. The van der Waals surface area contributed by atoms with E-state index in [0.717, 1.165) is 0 Å². The summed E-state index contributed by atoms with van der Waals surface area (Å²) >= 11 is 10.7. The van der Waals surface area contributed by atoms with Gasteiger partial charge < -0.3 is 15.2 Å². The van der Waals surface area contributed by atoms with Gasteiger partial charge in [-0.05, 0) is 36.0 Å². The second kappa shape index (κ2) is 4.83. The van der Waals surface area contributed by atoms with Gasteiger partial charge in [-0.25, -0.2) is 0 Å². The van der Waals surface area contributed by atoms with Crippen molar-refractivity contribution in [3.8, 4) is 11.5 Å². The maximum absolute atomic E-state index is 11.5. The SMILES string of the molecule is COc1cc(/C=C2/NC(=S)NC2=O)cc(Cl)c1O. The van der Waals surface area contributed by atoms with E-state index in [0.29, 0.717) is 11.3 Å². The lowest BCUT2D eigenvalue weighted by atomic mass is 10.1. The van der Waals surface area contributed by atoms with E-state index in [1.807, 2.05) is 0 Å². The highest BCUT2D eigenvalue weighted by molar-refractivity contribution is 7.80. The number of phenolic OH excluding ortho intramolecular Hbond substituents is 1. The summed E-state index contributed by atoms with van der Waals surface area (Å²) in [5.74, 6) is -0.223. The highest BCUT2D eigenvalue weighted by Gasteiger charge is 2.20. The van der Waals surface area contributed by atoms with E-state index in [4.69, 9.17) is 28.6 Å². The van der Waals surface area contributed by atoms with Gasteiger partial charge in [-0.2, -0.15) is 0 Å². The molecule has 1 saturated heterocycles. The molecule has 5 nitrogen and oxygen atoms in total. The topological polar surface area (TPSA) is 70.6 Å². The lowest BCUT2D eigenvalue weighted by Gasteiger charge is -2.06. The minimum absolute atomic E-state index is 0.138. The molecule has 1 heterocycles. The van der Waals surface area contributed by atoms with E-state index < -0.39 is 0 Å². The number of thiocarbonyl (C=S) groups is 1. The predicted molar refractivity (Wildman–Crippen MR) is 71.5 cm³/mol. The number of aromatic hydroxyl groups is 1. The van der Waals surface area contributed by atoms with Crippen LogP contribution in [0.1, 0.15) is 5.56 Å². The van der Waals surface area contributed by atoms with Crippen molar-refractivity contribution in [2.24, 2.45) is 0 Å². The van der Waals surface area contributed by atoms with E-state index in [2.05, 4.69) is 10.6 Å². The Kier molecular flexibility index (Phi) is 3.40. The molecular formula is C11H9ClN2O3S. The number of phenols is 1. The van der Waals surface area contributed by atoms with Crippen molar-refractivity contribution in [3.63, 3.8) is 0 Å². The van der Waals surface area contributed by atoms with Crippen LogP contribution in [0.5, 0.6) is 11.5 Å². The normalized spacial score (nSPS) is 16.7. The molecule has 1 aliphatic heterocycles. The molecule has 1 amide bonds. The molecule has 94 valence electrons. The molecule has 0 radical (unpaired) electrons. The fourth-order valence-electron chi connectivity index (χ4n) is 1.48. The van der Waals surface area contributed by atoms with Gasteiger partial charge in [0.1, 0.15) is 5.70 Å². The molecule has 0 atom stereocenters. The molecule has 1 aromatic carbocycles. The number of ether oxygens (including phenoxy) is 1. The lowest BCUT2D eigenvalue weighted by Crippen LogP contribution is -2.21. The number of amides is 1. The quantitative estimate of drug-likeness (QED) is 0.566. The molecule has 18 heavy (non-hydrogen) atoms. The van der Waals surface area contributed by atoms with E-state index >= 15 is 0 Å². The van der Waals surface area contributed by atoms with E-state index in [1.165, 1.54) is 13.2 Å². The third-order valence-electron chi connectivity index (χ3n) is 2.30. The van der Waals surface area contributed by atoms with Gasteiger partial charge in [0.25, 0.3) is 5.91 Å². The number of nitrogens with one attached hydrogen (secondary N) is 2. The van der Waals surface area contributed by atoms with Crippen molar-refractivity contribution < 1.29 is 14.6 Å². The van der Waals surface area contributed by atoms with Crippen molar-refractivity contribution in [2.75, 3.05) is 7.11 Å². The van der Waals surface area contributed by atoms with Gasteiger partial charge in [-0.3, -0.25) is 10.1 Å². The Morgan fingerprint density at radius 3 is 2.72 bits per heavy atom. The largest absolute Gasteiger partial charge is 0.503 e. The summed E-state index contributed by atoms with van der Waals surface area (Å²) in [4.78, 5) is 11.5. The Hall–Kier alpha value is -1.79. The third-order valence-corrected chi connectivity index (χ3v) is 2.79. The minimum atomic E-state index is -0.317. The van der Waals surface area contributed by atoms with Crippen LogP contribution < -0.4 is 15.4 Å². The van der Waals surface area contributed by atoms with Crippen LogP contribution in [-0.2, 0) is 4.79 Å². The average molecular weight is 285 g/mol. The van der Waals surface area contributed by atoms with Crippen LogP contribution in [0.15, 0.2) is 17.8 Å². The standard InChI is InChI=1S/C11H9ClN2O3S/c1-17-8-4-5(2-6(12)9(8)15)3-7-10(16)14-11(18)13-7/h2-4,15H,1H3,(H2,13,14,16,18)/b7-3+. The van der Waals surface area contributed by atoms with Crippen LogP contribution in [0.2, 0.25) is 5.02 Å². The van der Waals surface area contributed by atoms with E-state index in [9.17, 15) is 9.90 Å². The first-order valence-corrected chi connectivity index (χ1v) is 5.70. The minimum Gasteiger partial charge on any atom is -0.503 e. The summed E-state index contributed by atoms with van der Waals surface area (Å²) < 4.78 is 4.97. The summed E-state index contributed by atoms with van der Waals surface area (Å²) in [5.41, 5.74) is 0.917. The van der Waals surface area contributed by atoms with Crippen molar-refractivity contribution >= 4 is 40.9 Å². The first-order valence-electron chi connectivity index (χ1n) is 4.92. The van der Waals surface area contributed by atoms with Crippen molar-refractivity contribution in [1.29, 1.82) is 0 Å². The van der Waals surface area contributed by atoms with Crippen LogP contribution in [-0.4, -0.2) is 23.2 Å². The number of hydrogen-bond donors (Lipinski definition) is 3. The Morgan fingerprint density at radius 1 is 1.44 bits per heavy atom. The summed E-state index contributed by atoms with van der Waals surface area (Å²) in [6.07, 6.45) is 1.56. The van der Waals surface area contributed by atoms with Crippen molar-refractivity contribution in [1.82, 2.24) is 10.6 Å². The number of rotatable bonds is 2. The Balaban J connectivity index is 2.41. The molecule has 2 rings (SSSR count). The Bertz CT molecular complexity index is 572. The average Bonchev–Trinajstić information content (AvgIpc) is 2.62. The monoisotopic (exact) mass is 284 g/mol. The first kappa shape index (κ1) is 12.7. The number of carbonyl (C=O) groups is 1. The Labute approximate surface area is 113 Å². The molecule has 1 aliphatic rings. The molecule has 1 fully saturated rings. The summed E-state index contributed by atoms with van der Waals surface area (Å²) in [6.45, 7) is 0. The third kappa shape index (κ3) is 2.39.